The SMILES string of the molecule is CCCNC(C)CC(C)S(=O)c1ccccc1Br. The van der Waals surface area contributed by atoms with Crippen LogP contribution in [0.1, 0.15) is 33.6 Å². The van der Waals surface area contributed by atoms with Crippen LogP contribution in [0, 0.1) is 0 Å². The van der Waals surface area contributed by atoms with E-state index in [0.29, 0.717) is 6.04 Å². The molecule has 3 atom stereocenters. The van der Waals surface area contributed by atoms with E-state index in [9.17, 15) is 4.21 Å². The Morgan fingerprint density at radius 3 is 2.61 bits per heavy atom. The summed E-state index contributed by atoms with van der Waals surface area (Å²) in [5.74, 6) is 0. The molecule has 3 unspecified atom stereocenters. The van der Waals surface area contributed by atoms with Gasteiger partial charge in [-0.3, -0.25) is 4.21 Å². The molecule has 4 heteroatoms. The minimum atomic E-state index is -0.953. The summed E-state index contributed by atoms with van der Waals surface area (Å²) in [6, 6.07) is 8.16. The minimum Gasteiger partial charge on any atom is -0.314 e. The van der Waals surface area contributed by atoms with Crippen molar-refractivity contribution in [2.75, 3.05) is 6.54 Å². The highest BCUT2D eigenvalue weighted by molar-refractivity contribution is 9.10. The second-order valence-electron chi connectivity index (χ2n) is 4.63. The Morgan fingerprint density at radius 1 is 1.33 bits per heavy atom. The molecule has 0 spiro atoms. The summed E-state index contributed by atoms with van der Waals surface area (Å²) < 4.78 is 13.4. The maximum atomic E-state index is 12.4. The molecule has 1 N–H and O–H groups in total. The lowest BCUT2D eigenvalue weighted by Gasteiger charge is -2.18. The largest absolute Gasteiger partial charge is 0.314 e. The first-order valence-electron chi connectivity index (χ1n) is 6.44. The highest BCUT2D eigenvalue weighted by Crippen LogP contribution is 2.23. The van der Waals surface area contributed by atoms with Crippen LogP contribution >= 0.6 is 15.9 Å². The molecule has 0 radical (unpaired) electrons. The van der Waals surface area contributed by atoms with E-state index in [1.165, 1.54) is 0 Å². The van der Waals surface area contributed by atoms with Crippen LogP contribution in [0.4, 0.5) is 0 Å². The van der Waals surface area contributed by atoms with Crippen molar-refractivity contribution in [3.05, 3.63) is 28.7 Å². The van der Waals surface area contributed by atoms with Gasteiger partial charge >= 0.3 is 0 Å². The van der Waals surface area contributed by atoms with Crippen molar-refractivity contribution in [1.82, 2.24) is 5.32 Å². The van der Waals surface area contributed by atoms with Crippen molar-refractivity contribution >= 4 is 26.7 Å². The molecule has 2 nitrogen and oxygen atoms in total. The molecule has 0 bridgehead atoms. The first-order valence-corrected chi connectivity index (χ1v) is 8.45. The zero-order chi connectivity index (χ0) is 13.5. The van der Waals surface area contributed by atoms with E-state index >= 15 is 0 Å². The molecular formula is C14H22BrNOS. The van der Waals surface area contributed by atoms with Gasteiger partial charge in [0, 0.05) is 15.8 Å². The number of nitrogens with one attached hydrogen (secondary N) is 1. The van der Waals surface area contributed by atoms with Crippen LogP contribution < -0.4 is 5.32 Å². The summed E-state index contributed by atoms with van der Waals surface area (Å²) in [5, 5.41) is 3.59. The van der Waals surface area contributed by atoms with Crippen LogP contribution in [0.3, 0.4) is 0 Å². The summed E-state index contributed by atoms with van der Waals surface area (Å²) in [5.41, 5.74) is 0. The molecular weight excluding hydrogens is 310 g/mol. The first kappa shape index (κ1) is 15.9. The molecule has 0 aromatic heterocycles. The Balaban J connectivity index is 2.59. The smallest absolute Gasteiger partial charge is 0.0570 e. The lowest BCUT2D eigenvalue weighted by atomic mass is 10.2. The predicted molar refractivity (Wildman–Crippen MR) is 82.4 cm³/mol. The fraction of sp³-hybridized carbons (Fsp3) is 0.571. The number of rotatable bonds is 7. The van der Waals surface area contributed by atoms with Crippen molar-refractivity contribution in [2.24, 2.45) is 0 Å². The highest BCUT2D eigenvalue weighted by Gasteiger charge is 2.17. The van der Waals surface area contributed by atoms with E-state index < -0.39 is 10.8 Å². The molecule has 0 amide bonds. The summed E-state index contributed by atoms with van der Waals surface area (Å²) in [6.07, 6.45) is 2.06. The average molecular weight is 332 g/mol. The molecule has 0 aliphatic heterocycles. The monoisotopic (exact) mass is 331 g/mol. The lowest BCUT2D eigenvalue weighted by molar-refractivity contribution is 0.508. The zero-order valence-electron chi connectivity index (χ0n) is 11.3. The van der Waals surface area contributed by atoms with Gasteiger partial charge in [-0.1, -0.05) is 26.0 Å². The van der Waals surface area contributed by atoms with Gasteiger partial charge in [0.25, 0.3) is 0 Å². The Morgan fingerprint density at radius 2 is 2.00 bits per heavy atom. The molecule has 1 rings (SSSR count). The second kappa shape index (κ2) is 8.08. The maximum absolute atomic E-state index is 12.4. The molecule has 0 saturated carbocycles. The molecule has 0 saturated heterocycles. The fourth-order valence-corrected chi connectivity index (χ4v) is 4.02. The second-order valence-corrected chi connectivity index (χ2v) is 7.32. The van der Waals surface area contributed by atoms with Gasteiger partial charge in [0.2, 0.25) is 0 Å². The van der Waals surface area contributed by atoms with Crippen molar-refractivity contribution in [2.45, 2.75) is 49.8 Å². The van der Waals surface area contributed by atoms with Crippen molar-refractivity contribution < 1.29 is 4.21 Å². The minimum absolute atomic E-state index is 0.156. The molecule has 0 heterocycles. The Hall–Kier alpha value is -0.190. The Kier molecular flexibility index (Phi) is 7.12. The lowest BCUT2D eigenvalue weighted by Crippen LogP contribution is -2.31. The number of hydrogen-bond acceptors (Lipinski definition) is 2. The van der Waals surface area contributed by atoms with E-state index in [1.54, 1.807) is 0 Å². The first-order chi connectivity index (χ1) is 8.56. The molecule has 1 aromatic carbocycles. The summed E-state index contributed by atoms with van der Waals surface area (Å²) in [7, 11) is -0.953. The predicted octanol–water partition coefficient (Wildman–Crippen LogP) is 3.72. The van der Waals surface area contributed by atoms with Gasteiger partial charge in [0.15, 0.2) is 0 Å². The van der Waals surface area contributed by atoms with Gasteiger partial charge < -0.3 is 5.32 Å². The summed E-state index contributed by atoms with van der Waals surface area (Å²) >= 11 is 3.46. The van der Waals surface area contributed by atoms with E-state index in [1.807, 2.05) is 24.3 Å². The number of halogens is 1. The van der Waals surface area contributed by atoms with E-state index in [2.05, 4.69) is 42.0 Å². The molecule has 0 aliphatic rings. The summed E-state index contributed by atoms with van der Waals surface area (Å²) in [4.78, 5) is 0.896. The number of hydrogen-bond donors (Lipinski definition) is 1. The quantitative estimate of drug-likeness (QED) is 0.824. The van der Waals surface area contributed by atoms with Crippen molar-refractivity contribution in [3.8, 4) is 0 Å². The third kappa shape index (κ3) is 4.82. The van der Waals surface area contributed by atoms with Crippen LogP contribution in [0.2, 0.25) is 0 Å². The van der Waals surface area contributed by atoms with E-state index in [0.717, 1.165) is 28.8 Å². The fourth-order valence-electron chi connectivity index (χ4n) is 1.88. The van der Waals surface area contributed by atoms with Gasteiger partial charge in [0.1, 0.15) is 0 Å². The average Bonchev–Trinajstić information content (AvgIpc) is 2.36. The zero-order valence-corrected chi connectivity index (χ0v) is 13.7. The van der Waals surface area contributed by atoms with Gasteiger partial charge in [0.05, 0.1) is 15.7 Å². The molecule has 102 valence electrons. The third-order valence-electron chi connectivity index (χ3n) is 2.85. The van der Waals surface area contributed by atoms with Crippen LogP contribution in [-0.2, 0) is 10.8 Å². The highest BCUT2D eigenvalue weighted by atomic mass is 79.9. The standard InChI is InChI=1S/C14H22BrNOS/c1-4-9-16-11(2)10-12(3)18(17)14-8-6-5-7-13(14)15/h5-8,11-12,16H,4,9-10H2,1-3H3. The van der Waals surface area contributed by atoms with Crippen LogP contribution in [0.25, 0.3) is 0 Å². The van der Waals surface area contributed by atoms with Gasteiger partial charge in [-0.05, 0) is 54.4 Å². The molecule has 18 heavy (non-hydrogen) atoms. The van der Waals surface area contributed by atoms with Crippen LogP contribution in [0.5, 0.6) is 0 Å². The summed E-state index contributed by atoms with van der Waals surface area (Å²) in [6.45, 7) is 7.39. The Labute approximate surface area is 121 Å². The van der Waals surface area contributed by atoms with Gasteiger partial charge in [-0.2, -0.15) is 0 Å². The van der Waals surface area contributed by atoms with Crippen LogP contribution in [0.15, 0.2) is 33.6 Å². The number of benzene rings is 1. The van der Waals surface area contributed by atoms with Gasteiger partial charge in [-0.25, -0.2) is 0 Å². The third-order valence-corrected chi connectivity index (χ3v) is 5.51. The van der Waals surface area contributed by atoms with Gasteiger partial charge in [-0.15, -0.1) is 0 Å². The topological polar surface area (TPSA) is 29.1 Å². The molecule has 0 aliphatic carbocycles. The maximum Gasteiger partial charge on any atom is 0.0570 e. The van der Waals surface area contributed by atoms with Crippen LogP contribution in [-0.4, -0.2) is 22.0 Å². The van der Waals surface area contributed by atoms with E-state index in [4.69, 9.17) is 0 Å². The van der Waals surface area contributed by atoms with E-state index in [-0.39, 0.29) is 5.25 Å². The normalized spacial score (nSPS) is 16.2. The molecule has 0 fully saturated rings. The van der Waals surface area contributed by atoms with Crippen molar-refractivity contribution in [3.63, 3.8) is 0 Å². The molecule has 1 aromatic rings. The Bertz CT molecular complexity index is 397. The van der Waals surface area contributed by atoms with Crippen molar-refractivity contribution in [1.29, 1.82) is 0 Å².